The Morgan fingerprint density at radius 3 is 2.50 bits per heavy atom. The standard InChI is InChI=1S/C16H19N3O3/c1-18-7-9-19(10-8-18)16(20)14-11-15(22-17-14)12-3-5-13(21-2)6-4-12/h3-6,11H,7-10H2,1-2H3. The van der Waals surface area contributed by atoms with Crippen molar-refractivity contribution in [1.82, 2.24) is 15.0 Å². The second kappa shape index (κ2) is 6.19. The Bertz CT molecular complexity index is 643. The van der Waals surface area contributed by atoms with Crippen molar-refractivity contribution in [2.75, 3.05) is 40.3 Å². The molecule has 0 N–H and O–H groups in total. The van der Waals surface area contributed by atoms with Gasteiger partial charge in [0, 0.05) is 37.8 Å². The average molecular weight is 301 g/mol. The maximum absolute atomic E-state index is 12.4. The molecule has 0 aliphatic carbocycles. The number of likely N-dealkylation sites (N-methyl/N-ethyl adjacent to an activating group) is 1. The summed E-state index contributed by atoms with van der Waals surface area (Å²) in [7, 11) is 3.68. The smallest absolute Gasteiger partial charge is 0.276 e. The van der Waals surface area contributed by atoms with Crippen molar-refractivity contribution in [1.29, 1.82) is 0 Å². The first-order valence-electron chi connectivity index (χ1n) is 7.26. The fourth-order valence-corrected chi connectivity index (χ4v) is 2.44. The van der Waals surface area contributed by atoms with Gasteiger partial charge in [-0.25, -0.2) is 0 Å². The Labute approximate surface area is 129 Å². The molecule has 1 aliphatic heterocycles. The molecule has 1 fully saturated rings. The van der Waals surface area contributed by atoms with Gasteiger partial charge in [-0.3, -0.25) is 4.79 Å². The monoisotopic (exact) mass is 301 g/mol. The predicted octanol–water partition coefficient (Wildman–Crippen LogP) is 1.74. The van der Waals surface area contributed by atoms with Crippen LogP contribution in [0.15, 0.2) is 34.9 Å². The highest BCUT2D eigenvalue weighted by Crippen LogP contribution is 2.23. The first-order valence-corrected chi connectivity index (χ1v) is 7.26. The lowest BCUT2D eigenvalue weighted by Gasteiger charge is -2.31. The molecule has 1 aromatic heterocycles. The molecule has 0 spiro atoms. The molecule has 0 atom stereocenters. The minimum Gasteiger partial charge on any atom is -0.497 e. The van der Waals surface area contributed by atoms with Crippen LogP contribution in [0.2, 0.25) is 0 Å². The van der Waals surface area contributed by atoms with Crippen LogP contribution >= 0.6 is 0 Å². The van der Waals surface area contributed by atoms with Gasteiger partial charge in [-0.15, -0.1) is 0 Å². The quantitative estimate of drug-likeness (QED) is 0.864. The maximum Gasteiger partial charge on any atom is 0.276 e. The molecule has 0 bridgehead atoms. The summed E-state index contributed by atoms with van der Waals surface area (Å²) in [6.45, 7) is 3.21. The topological polar surface area (TPSA) is 58.8 Å². The van der Waals surface area contributed by atoms with Gasteiger partial charge in [-0.1, -0.05) is 5.16 Å². The highest BCUT2D eigenvalue weighted by molar-refractivity contribution is 5.93. The number of amides is 1. The summed E-state index contributed by atoms with van der Waals surface area (Å²) < 4.78 is 10.4. The average Bonchev–Trinajstić information content (AvgIpc) is 3.05. The molecule has 0 saturated carbocycles. The van der Waals surface area contributed by atoms with Crippen LogP contribution in [0, 0.1) is 0 Å². The molecule has 6 heteroatoms. The SMILES string of the molecule is COc1ccc(-c2cc(C(=O)N3CCN(C)CC3)no2)cc1. The van der Waals surface area contributed by atoms with Gasteiger partial charge in [-0.2, -0.15) is 0 Å². The van der Waals surface area contributed by atoms with E-state index >= 15 is 0 Å². The van der Waals surface area contributed by atoms with Crippen LogP contribution in [-0.2, 0) is 0 Å². The van der Waals surface area contributed by atoms with E-state index in [1.807, 2.05) is 29.2 Å². The molecule has 1 aliphatic rings. The third-order valence-corrected chi connectivity index (χ3v) is 3.89. The molecule has 2 heterocycles. The lowest BCUT2D eigenvalue weighted by Crippen LogP contribution is -2.47. The van der Waals surface area contributed by atoms with Crippen molar-refractivity contribution in [3.05, 3.63) is 36.0 Å². The molecule has 1 aromatic carbocycles. The Morgan fingerprint density at radius 1 is 1.18 bits per heavy atom. The summed E-state index contributed by atoms with van der Waals surface area (Å²) in [6, 6.07) is 9.15. The van der Waals surface area contributed by atoms with Gasteiger partial charge in [-0.05, 0) is 31.3 Å². The zero-order valence-electron chi connectivity index (χ0n) is 12.8. The molecular weight excluding hydrogens is 282 g/mol. The highest BCUT2D eigenvalue weighted by Gasteiger charge is 2.23. The van der Waals surface area contributed by atoms with E-state index in [-0.39, 0.29) is 5.91 Å². The van der Waals surface area contributed by atoms with Crippen LogP contribution < -0.4 is 4.74 Å². The molecule has 1 saturated heterocycles. The number of benzene rings is 1. The Morgan fingerprint density at radius 2 is 1.86 bits per heavy atom. The summed E-state index contributed by atoms with van der Waals surface area (Å²) >= 11 is 0. The second-order valence-electron chi connectivity index (χ2n) is 5.40. The zero-order chi connectivity index (χ0) is 15.5. The van der Waals surface area contributed by atoms with E-state index in [1.54, 1.807) is 13.2 Å². The van der Waals surface area contributed by atoms with Gasteiger partial charge < -0.3 is 19.1 Å². The summed E-state index contributed by atoms with van der Waals surface area (Å²) in [5.41, 5.74) is 1.22. The number of rotatable bonds is 3. The van der Waals surface area contributed by atoms with E-state index in [9.17, 15) is 4.79 Å². The van der Waals surface area contributed by atoms with E-state index in [2.05, 4.69) is 17.1 Å². The number of hydrogen-bond acceptors (Lipinski definition) is 5. The number of hydrogen-bond donors (Lipinski definition) is 0. The fraction of sp³-hybridized carbons (Fsp3) is 0.375. The number of nitrogens with zero attached hydrogens (tertiary/aromatic N) is 3. The van der Waals surface area contributed by atoms with Gasteiger partial charge in [0.1, 0.15) is 5.75 Å². The lowest BCUT2D eigenvalue weighted by atomic mass is 10.1. The van der Waals surface area contributed by atoms with Gasteiger partial charge in [0.15, 0.2) is 11.5 Å². The molecule has 1 amide bonds. The maximum atomic E-state index is 12.4. The number of aromatic nitrogens is 1. The largest absolute Gasteiger partial charge is 0.497 e. The second-order valence-corrected chi connectivity index (χ2v) is 5.40. The molecule has 22 heavy (non-hydrogen) atoms. The normalized spacial score (nSPS) is 15.8. The number of carbonyl (C=O) groups is 1. The number of methoxy groups -OCH3 is 1. The van der Waals surface area contributed by atoms with Crippen LogP contribution in [0.4, 0.5) is 0 Å². The number of ether oxygens (including phenoxy) is 1. The summed E-state index contributed by atoms with van der Waals surface area (Å²) in [6.07, 6.45) is 0. The van der Waals surface area contributed by atoms with Gasteiger partial charge in [0.05, 0.1) is 7.11 Å². The summed E-state index contributed by atoms with van der Waals surface area (Å²) in [5.74, 6) is 1.29. The highest BCUT2D eigenvalue weighted by atomic mass is 16.5. The van der Waals surface area contributed by atoms with Crippen LogP contribution in [0.5, 0.6) is 5.75 Å². The Balaban J connectivity index is 1.73. The van der Waals surface area contributed by atoms with Gasteiger partial charge in [0.25, 0.3) is 5.91 Å². The summed E-state index contributed by atoms with van der Waals surface area (Å²) in [5, 5.41) is 3.92. The molecule has 3 rings (SSSR count). The first kappa shape index (κ1) is 14.6. The predicted molar refractivity (Wildman–Crippen MR) is 81.9 cm³/mol. The van der Waals surface area contributed by atoms with Crippen molar-refractivity contribution < 1.29 is 14.1 Å². The molecule has 0 unspecified atom stereocenters. The minimum absolute atomic E-state index is 0.0726. The third kappa shape index (κ3) is 2.96. The number of piperazine rings is 1. The molecule has 2 aromatic rings. The Hall–Kier alpha value is -2.34. The van der Waals surface area contributed by atoms with E-state index in [1.165, 1.54) is 0 Å². The van der Waals surface area contributed by atoms with Crippen molar-refractivity contribution in [2.24, 2.45) is 0 Å². The fourth-order valence-electron chi connectivity index (χ4n) is 2.44. The molecule has 116 valence electrons. The number of carbonyl (C=O) groups excluding carboxylic acids is 1. The third-order valence-electron chi connectivity index (χ3n) is 3.89. The lowest BCUT2D eigenvalue weighted by molar-refractivity contribution is 0.0654. The van der Waals surface area contributed by atoms with Gasteiger partial charge in [0.2, 0.25) is 0 Å². The van der Waals surface area contributed by atoms with Crippen LogP contribution in [-0.4, -0.2) is 61.2 Å². The minimum atomic E-state index is -0.0726. The molecule has 0 radical (unpaired) electrons. The van der Waals surface area contributed by atoms with E-state index in [4.69, 9.17) is 9.26 Å². The van der Waals surface area contributed by atoms with E-state index in [0.29, 0.717) is 11.5 Å². The molecule has 6 nitrogen and oxygen atoms in total. The Kier molecular flexibility index (Phi) is 4.11. The van der Waals surface area contributed by atoms with E-state index < -0.39 is 0 Å². The van der Waals surface area contributed by atoms with E-state index in [0.717, 1.165) is 37.5 Å². The van der Waals surface area contributed by atoms with Crippen LogP contribution in [0.25, 0.3) is 11.3 Å². The van der Waals surface area contributed by atoms with Crippen molar-refractivity contribution in [2.45, 2.75) is 0 Å². The van der Waals surface area contributed by atoms with Crippen LogP contribution in [0.3, 0.4) is 0 Å². The molecular formula is C16H19N3O3. The van der Waals surface area contributed by atoms with Crippen molar-refractivity contribution >= 4 is 5.91 Å². The summed E-state index contributed by atoms with van der Waals surface area (Å²) in [4.78, 5) is 16.4. The van der Waals surface area contributed by atoms with Crippen molar-refractivity contribution in [3.8, 4) is 17.1 Å². The van der Waals surface area contributed by atoms with Gasteiger partial charge >= 0.3 is 0 Å². The zero-order valence-corrected chi connectivity index (χ0v) is 12.8. The van der Waals surface area contributed by atoms with Crippen molar-refractivity contribution in [3.63, 3.8) is 0 Å². The first-order chi connectivity index (χ1) is 10.7. The van der Waals surface area contributed by atoms with Crippen LogP contribution in [0.1, 0.15) is 10.5 Å².